The lowest BCUT2D eigenvalue weighted by molar-refractivity contribution is -0.119. The zero-order chi connectivity index (χ0) is 9.84. The minimum absolute atomic E-state index is 0.0388. The average Bonchev–Trinajstić information content (AvgIpc) is 2.33. The van der Waals surface area contributed by atoms with Crippen molar-refractivity contribution >= 4 is 28.8 Å². The van der Waals surface area contributed by atoms with Gasteiger partial charge in [0.25, 0.3) is 0 Å². The maximum Gasteiger partial charge on any atom is 0.217 e. The molecule has 0 bridgehead atoms. The molecule has 1 N–H and O–H groups in total. The van der Waals surface area contributed by atoms with Crippen LogP contribution in [0, 0.1) is 0 Å². The molecule has 0 aliphatic carbocycles. The Morgan fingerprint density at radius 3 is 2.85 bits per heavy atom. The summed E-state index contributed by atoms with van der Waals surface area (Å²) in [6.07, 6.45) is 0.671. The predicted molar refractivity (Wildman–Crippen MR) is 51.9 cm³/mol. The SMILES string of the molecule is CC(=O)NC(C)Cc1nnc(Cl)s1. The Labute approximate surface area is 85.3 Å². The molecule has 0 aromatic carbocycles. The van der Waals surface area contributed by atoms with Crippen molar-refractivity contribution in [2.24, 2.45) is 0 Å². The summed E-state index contributed by atoms with van der Waals surface area (Å²) < 4.78 is 0.435. The molecule has 0 spiro atoms. The van der Waals surface area contributed by atoms with Gasteiger partial charge in [0.05, 0.1) is 0 Å². The van der Waals surface area contributed by atoms with E-state index in [0.717, 1.165) is 5.01 Å². The fraction of sp³-hybridized carbons (Fsp3) is 0.571. The van der Waals surface area contributed by atoms with E-state index in [9.17, 15) is 4.79 Å². The van der Waals surface area contributed by atoms with Crippen molar-refractivity contribution in [1.82, 2.24) is 15.5 Å². The van der Waals surface area contributed by atoms with E-state index < -0.39 is 0 Å². The molecule has 1 rings (SSSR count). The number of carbonyl (C=O) groups is 1. The first kappa shape index (κ1) is 10.4. The van der Waals surface area contributed by atoms with E-state index >= 15 is 0 Å². The second-order valence-electron chi connectivity index (χ2n) is 2.75. The third-order valence-corrected chi connectivity index (χ3v) is 2.41. The summed E-state index contributed by atoms with van der Waals surface area (Å²) in [6, 6.07) is 0.0708. The first-order valence-electron chi connectivity index (χ1n) is 3.83. The summed E-state index contributed by atoms with van der Waals surface area (Å²) in [4.78, 5) is 10.7. The van der Waals surface area contributed by atoms with Gasteiger partial charge in [0, 0.05) is 19.4 Å². The molecule has 0 saturated carbocycles. The highest BCUT2D eigenvalue weighted by Gasteiger charge is 2.08. The zero-order valence-electron chi connectivity index (χ0n) is 7.37. The van der Waals surface area contributed by atoms with E-state index in [4.69, 9.17) is 11.6 Å². The largest absolute Gasteiger partial charge is 0.353 e. The van der Waals surface area contributed by atoms with Crippen LogP contribution in [0.2, 0.25) is 4.47 Å². The standard InChI is InChI=1S/C7H10ClN3OS/c1-4(9-5(2)12)3-6-10-11-7(8)13-6/h4H,3H2,1-2H3,(H,9,12). The van der Waals surface area contributed by atoms with Crippen molar-refractivity contribution in [2.75, 3.05) is 0 Å². The lowest BCUT2D eigenvalue weighted by Gasteiger charge is -2.08. The van der Waals surface area contributed by atoms with E-state index in [-0.39, 0.29) is 11.9 Å². The Morgan fingerprint density at radius 1 is 1.69 bits per heavy atom. The quantitative estimate of drug-likeness (QED) is 0.833. The molecular weight excluding hydrogens is 210 g/mol. The Hall–Kier alpha value is -0.680. The third-order valence-electron chi connectivity index (χ3n) is 1.37. The Morgan fingerprint density at radius 2 is 2.38 bits per heavy atom. The van der Waals surface area contributed by atoms with E-state index in [1.54, 1.807) is 0 Å². The van der Waals surface area contributed by atoms with Gasteiger partial charge in [-0.15, -0.1) is 10.2 Å². The van der Waals surface area contributed by atoms with Crippen LogP contribution in [0.25, 0.3) is 0 Å². The minimum atomic E-state index is -0.0388. The highest BCUT2D eigenvalue weighted by Crippen LogP contribution is 2.15. The van der Waals surface area contributed by atoms with Gasteiger partial charge in [0.1, 0.15) is 5.01 Å². The number of rotatable bonds is 3. The first-order valence-corrected chi connectivity index (χ1v) is 5.02. The highest BCUT2D eigenvalue weighted by molar-refractivity contribution is 7.15. The van der Waals surface area contributed by atoms with Crippen LogP contribution < -0.4 is 5.32 Å². The molecule has 0 aliphatic heterocycles. The van der Waals surface area contributed by atoms with E-state index in [2.05, 4.69) is 15.5 Å². The zero-order valence-corrected chi connectivity index (χ0v) is 8.95. The summed E-state index contributed by atoms with van der Waals surface area (Å²) in [6.45, 7) is 3.40. The van der Waals surface area contributed by atoms with Crippen LogP contribution in [0.15, 0.2) is 0 Å². The summed E-state index contributed by atoms with van der Waals surface area (Å²) in [5, 5.41) is 11.1. The summed E-state index contributed by atoms with van der Waals surface area (Å²) in [7, 11) is 0. The van der Waals surface area contributed by atoms with Crippen molar-refractivity contribution in [2.45, 2.75) is 26.3 Å². The van der Waals surface area contributed by atoms with Crippen LogP contribution in [-0.4, -0.2) is 22.1 Å². The molecule has 4 nitrogen and oxygen atoms in total. The van der Waals surface area contributed by atoms with Gasteiger partial charge in [-0.05, 0) is 18.5 Å². The third kappa shape index (κ3) is 3.69. The maximum absolute atomic E-state index is 10.7. The molecule has 0 aliphatic rings. The Balaban J connectivity index is 2.44. The Bertz CT molecular complexity index is 302. The number of carbonyl (C=O) groups excluding carboxylic acids is 1. The molecular formula is C7H10ClN3OS. The van der Waals surface area contributed by atoms with Crippen LogP contribution in [0.1, 0.15) is 18.9 Å². The maximum atomic E-state index is 10.7. The summed E-state index contributed by atoms with van der Waals surface area (Å²) in [5.74, 6) is -0.0388. The second-order valence-corrected chi connectivity index (χ2v) is 4.40. The molecule has 1 unspecified atom stereocenters. The lowest BCUT2D eigenvalue weighted by Crippen LogP contribution is -2.31. The summed E-state index contributed by atoms with van der Waals surface area (Å²) >= 11 is 6.94. The minimum Gasteiger partial charge on any atom is -0.353 e. The van der Waals surface area contributed by atoms with Crippen molar-refractivity contribution in [1.29, 1.82) is 0 Å². The van der Waals surface area contributed by atoms with E-state index in [1.165, 1.54) is 18.3 Å². The van der Waals surface area contributed by atoms with Gasteiger partial charge in [-0.2, -0.15) is 0 Å². The molecule has 1 aromatic rings. The van der Waals surface area contributed by atoms with Crippen molar-refractivity contribution in [3.63, 3.8) is 0 Å². The summed E-state index contributed by atoms with van der Waals surface area (Å²) in [5.41, 5.74) is 0. The van der Waals surface area contributed by atoms with Gasteiger partial charge >= 0.3 is 0 Å². The molecule has 1 heterocycles. The molecule has 0 radical (unpaired) electrons. The van der Waals surface area contributed by atoms with Crippen LogP contribution in [0.4, 0.5) is 0 Å². The number of hydrogen-bond donors (Lipinski definition) is 1. The van der Waals surface area contributed by atoms with Crippen LogP contribution in [-0.2, 0) is 11.2 Å². The second kappa shape index (κ2) is 4.53. The van der Waals surface area contributed by atoms with Crippen LogP contribution >= 0.6 is 22.9 Å². The van der Waals surface area contributed by atoms with Gasteiger partial charge in [-0.3, -0.25) is 4.79 Å². The average molecular weight is 220 g/mol. The molecule has 1 amide bonds. The van der Waals surface area contributed by atoms with Crippen LogP contribution in [0.5, 0.6) is 0 Å². The molecule has 0 fully saturated rings. The molecule has 72 valence electrons. The van der Waals surface area contributed by atoms with Crippen LogP contribution in [0.3, 0.4) is 0 Å². The van der Waals surface area contributed by atoms with Gasteiger partial charge < -0.3 is 5.32 Å². The molecule has 13 heavy (non-hydrogen) atoms. The fourth-order valence-electron chi connectivity index (χ4n) is 0.976. The predicted octanol–water partition coefficient (Wildman–Crippen LogP) is 1.26. The van der Waals surface area contributed by atoms with Crippen molar-refractivity contribution < 1.29 is 4.79 Å². The molecule has 6 heteroatoms. The molecule has 1 atom stereocenters. The number of nitrogens with one attached hydrogen (secondary N) is 1. The smallest absolute Gasteiger partial charge is 0.217 e. The number of amides is 1. The highest BCUT2D eigenvalue weighted by atomic mass is 35.5. The monoisotopic (exact) mass is 219 g/mol. The van der Waals surface area contributed by atoms with E-state index in [1.807, 2.05) is 6.92 Å². The van der Waals surface area contributed by atoms with E-state index in [0.29, 0.717) is 10.9 Å². The van der Waals surface area contributed by atoms with Gasteiger partial charge in [0.2, 0.25) is 10.4 Å². The number of nitrogens with zero attached hydrogens (tertiary/aromatic N) is 2. The topological polar surface area (TPSA) is 54.9 Å². The van der Waals surface area contributed by atoms with Crippen molar-refractivity contribution in [3.8, 4) is 0 Å². The number of hydrogen-bond acceptors (Lipinski definition) is 4. The Kier molecular flexibility index (Phi) is 3.62. The first-order chi connectivity index (χ1) is 6.08. The number of aromatic nitrogens is 2. The lowest BCUT2D eigenvalue weighted by atomic mass is 10.2. The molecule has 0 saturated heterocycles. The normalized spacial score (nSPS) is 12.5. The fourth-order valence-corrected chi connectivity index (χ4v) is 1.97. The number of halogens is 1. The molecule has 1 aromatic heterocycles. The van der Waals surface area contributed by atoms with Gasteiger partial charge in [0.15, 0.2) is 0 Å². The van der Waals surface area contributed by atoms with Crippen molar-refractivity contribution in [3.05, 3.63) is 9.47 Å². The van der Waals surface area contributed by atoms with Gasteiger partial charge in [-0.25, -0.2) is 0 Å². The van der Waals surface area contributed by atoms with Gasteiger partial charge in [-0.1, -0.05) is 11.3 Å².